The van der Waals surface area contributed by atoms with Crippen molar-refractivity contribution in [2.75, 3.05) is 18.9 Å². The van der Waals surface area contributed by atoms with Crippen LogP contribution in [0.25, 0.3) is 11.3 Å². The Hall–Kier alpha value is -1.85. The molecule has 1 aromatic heterocycles. The number of carbonyl (C=O) groups is 1. The number of aryl methyl sites for hydroxylation is 2. The number of rotatable bonds is 5. The van der Waals surface area contributed by atoms with Crippen LogP contribution in [0.3, 0.4) is 0 Å². The second-order valence-corrected chi connectivity index (χ2v) is 5.30. The summed E-state index contributed by atoms with van der Waals surface area (Å²) in [6, 6.07) is 9.99. The third-order valence-corrected chi connectivity index (χ3v) is 3.51. The Kier molecular flexibility index (Phi) is 6.59. The van der Waals surface area contributed by atoms with Gasteiger partial charge >= 0.3 is 0 Å². The molecule has 1 unspecified atom stereocenters. The topological polar surface area (TPSA) is 59.0 Å². The summed E-state index contributed by atoms with van der Waals surface area (Å²) in [5.74, 6) is 0.608. The monoisotopic (exact) mass is 322 g/mol. The van der Waals surface area contributed by atoms with E-state index in [1.807, 2.05) is 45.3 Å². The van der Waals surface area contributed by atoms with Crippen LogP contribution in [0.1, 0.15) is 12.5 Å². The van der Waals surface area contributed by atoms with E-state index in [4.69, 9.17) is 0 Å². The van der Waals surface area contributed by atoms with Crippen LogP contribution >= 0.6 is 12.4 Å². The van der Waals surface area contributed by atoms with Crippen molar-refractivity contribution >= 4 is 24.1 Å². The van der Waals surface area contributed by atoms with Gasteiger partial charge in [-0.05, 0) is 19.5 Å². The Morgan fingerprint density at radius 2 is 2.05 bits per heavy atom. The number of amides is 1. The summed E-state index contributed by atoms with van der Waals surface area (Å²) in [6.07, 6.45) is 0. The Morgan fingerprint density at radius 3 is 2.68 bits per heavy atom. The third-order valence-electron chi connectivity index (χ3n) is 3.51. The summed E-state index contributed by atoms with van der Waals surface area (Å²) in [6.45, 7) is 4.59. The highest BCUT2D eigenvalue weighted by molar-refractivity contribution is 5.92. The maximum absolute atomic E-state index is 12.1. The second-order valence-electron chi connectivity index (χ2n) is 5.30. The van der Waals surface area contributed by atoms with Crippen LogP contribution in [-0.4, -0.2) is 29.3 Å². The molecule has 6 heteroatoms. The molecule has 0 saturated carbocycles. The smallest absolute Gasteiger partial charge is 0.229 e. The van der Waals surface area contributed by atoms with Gasteiger partial charge in [0.2, 0.25) is 5.91 Å². The van der Waals surface area contributed by atoms with Gasteiger partial charge in [-0.2, -0.15) is 5.10 Å². The van der Waals surface area contributed by atoms with E-state index in [0.717, 1.165) is 16.8 Å². The van der Waals surface area contributed by atoms with Crippen molar-refractivity contribution in [2.45, 2.75) is 13.8 Å². The molecule has 22 heavy (non-hydrogen) atoms. The van der Waals surface area contributed by atoms with Gasteiger partial charge in [-0.15, -0.1) is 12.4 Å². The van der Waals surface area contributed by atoms with Crippen LogP contribution in [-0.2, 0) is 11.8 Å². The molecule has 0 bridgehead atoms. The summed E-state index contributed by atoms with van der Waals surface area (Å²) in [7, 11) is 3.67. The number of hydrogen-bond donors (Lipinski definition) is 2. The summed E-state index contributed by atoms with van der Waals surface area (Å²) >= 11 is 0. The van der Waals surface area contributed by atoms with Crippen LogP contribution in [0.2, 0.25) is 0 Å². The van der Waals surface area contributed by atoms with Crippen molar-refractivity contribution in [1.29, 1.82) is 0 Å². The normalized spacial score (nSPS) is 11.6. The number of hydrogen-bond acceptors (Lipinski definition) is 3. The van der Waals surface area contributed by atoms with Gasteiger partial charge < -0.3 is 10.6 Å². The first-order chi connectivity index (χ1) is 10.0. The van der Waals surface area contributed by atoms with Crippen molar-refractivity contribution < 1.29 is 4.79 Å². The largest absolute Gasteiger partial charge is 0.319 e. The SMILES string of the molecule is CNCC(C)C(=O)Nc1cc(-c2ccccc2C)nn1C.Cl. The van der Waals surface area contributed by atoms with Gasteiger partial charge in [0.25, 0.3) is 0 Å². The Labute approximate surface area is 137 Å². The van der Waals surface area contributed by atoms with E-state index < -0.39 is 0 Å². The predicted molar refractivity (Wildman–Crippen MR) is 92.3 cm³/mol. The van der Waals surface area contributed by atoms with E-state index in [2.05, 4.69) is 28.7 Å². The second kappa shape index (κ2) is 7.96. The molecular formula is C16H23ClN4O. The lowest BCUT2D eigenvalue weighted by Crippen LogP contribution is -2.29. The maximum Gasteiger partial charge on any atom is 0.229 e. The maximum atomic E-state index is 12.1. The van der Waals surface area contributed by atoms with Gasteiger partial charge in [0.1, 0.15) is 5.82 Å². The van der Waals surface area contributed by atoms with Crippen molar-refractivity contribution in [3.63, 3.8) is 0 Å². The lowest BCUT2D eigenvalue weighted by atomic mass is 10.1. The molecule has 2 N–H and O–H groups in total. The highest BCUT2D eigenvalue weighted by atomic mass is 35.5. The van der Waals surface area contributed by atoms with Gasteiger partial charge in [0.15, 0.2) is 0 Å². The fourth-order valence-corrected chi connectivity index (χ4v) is 2.22. The lowest BCUT2D eigenvalue weighted by Gasteiger charge is -2.11. The zero-order valence-corrected chi connectivity index (χ0v) is 14.2. The predicted octanol–water partition coefficient (Wildman–Crippen LogP) is 2.61. The van der Waals surface area contributed by atoms with Gasteiger partial charge in [-0.3, -0.25) is 9.48 Å². The van der Waals surface area contributed by atoms with Crippen LogP contribution in [0.4, 0.5) is 5.82 Å². The Bertz CT molecular complexity index is 639. The van der Waals surface area contributed by atoms with E-state index in [9.17, 15) is 4.79 Å². The number of nitrogens with one attached hydrogen (secondary N) is 2. The van der Waals surface area contributed by atoms with E-state index >= 15 is 0 Å². The molecule has 1 atom stereocenters. The molecule has 0 spiro atoms. The Balaban J connectivity index is 0.00000242. The van der Waals surface area contributed by atoms with Crippen LogP contribution in [0.5, 0.6) is 0 Å². The van der Waals surface area contributed by atoms with Gasteiger partial charge in [-0.25, -0.2) is 0 Å². The third kappa shape index (κ3) is 4.08. The summed E-state index contributed by atoms with van der Waals surface area (Å²) in [4.78, 5) is 12.1. The molecular weight excluding hydrogens is 300 g/mol. The van der Waals surface area contributed by atoms with Gasteiger partial charge in [-0.1, -0.05) is 31.2 Å². The number of nitrogens with zero attached hydrogens (tertiary/aromatic N) is 2. The molecule has 0 radical (unpaired) electrons. The number of anilines is 1. The summed E-state index contributed by atoms with van der Waals surface area (Å²) in [5.41, 5.74) is 3.11. The summed E-state index contributed by atoms with van der Waals surface area (Å²) < 4.78 is 1.70. The molecule has 1 heterocycles. The van der Waals surface area contributed by atoms with Gasteiger partial charge in [0.05, 0.1) is 5.69 Å². The molecule has 1 amide bonds. The molecule has 0 aliphatic carbocycles. The minimum atomic E-state index is -0.0909. The number of benzene rings is 1. The first-order valence-electron chi connectivity index (χ1n) is 7.08. The summed E-state index contributed by atoms with van der Waals surface area (Å²) in [5, 5.41) is 10.4. The zero-order chi connectivity index (χ0) is 15.4. The number of halogens is 1. The first kappa shape index (κ1) is 18.2. The van der Waals surface area contributed by atoms with Crippen LogP contribution < -0.4 is 10.6 Å². The zero-order valence-electron chi connectivity index (χ0n) is 13.4. The molecule has 2 aromatic rings. The standard InChI is InChI=1S/C16H22N4O.ClH/c1-11-7-5-6-8-13(11)14-9-15(20(4)19-14)18-16(21)12(2)10-17-3;/h5-9,12,17H,10H2,1-4H3,(H,18,21);1H. The minimum Gasteiger partial charge on any atom is -0.319 e. The van der Waals surface area contributed by atoms with Crippen LogP contribution in [0, 0.1) is 12.8 Å². The molecule has 0 aliphatic rings. The average molecular weight is 323 g/mol. The van der Waals surface area contributed by atoms with E-state index in [-0.39, 0.29) is 24.2 Å². The fourth-order valence-electron chi connectivity index (χ4n) is 2.22. The molecule has 0 fully saturated rings. The van der Waals surface area contributed by atoms with Crippen LogP contribution in [0.15, 0.2) is 30.3 Å². The highest BCUT2D eigenvalue weighted by Crippen LogP contribution is 2.24. The molecule has 0 saturated heterocycles. The molecule has 2 rings (SSSR count). The molecule has 5 nitrogen and oxygen atoms in total. The number of aromatic nitrogens is 2. The van der Waals surface area contributed by atoms with E-state index in [1.54, 1.807) is 4.68 Å². The molecule has 1 aromatic carbocycles. The fraction of sp³-hybridized carbons (Fsp3) is 0.375. The van der Waals surface area contributed by atoms with Crippen molar-refractivity contribution in [3.8, 4) is 11.3 Å². The Morgan fingerprint density at radius 1 is 1.36 bits per heavy atom. The van der Waals surface area contributed by atoms with E-state index in [0.29, 0.717) is 12.4 Å². The quantitative estimate of drug-likeness (QED) is 0.889. The first-order valence-corrected chi connectivity index (χ1v) is 7.08. The average Bonchev–Trinajstić information content (AvgIpc) is 2.80. The lowest BCUT2D eigenvalue weighted by molar-refractivity contribution is -0.119. The van der Waals surface area contributed by atoms with Crippen molar-refractivity contribution in [1.82, 2.24) is 15.1 Å². The molecule has 120 valence electrons. The van der Waals surface area contributed by atoms with Crippen molar-refractivity contribution in [2.24, 2.45) is 13.0 Å². The van der Waals surface area contributed by atoms with Crippen molar-refractivity contribution in [3.05, 3.63) is 35.9 Å². The molecule has 0 aliphatic heterocycles. The number of carbonyl (C=O) groups excluding carboxylic acids is 1. The van der Waals surface area contributed by atoms with Gasteiger partial charge in [0, 0.05) is 31.1 Å². The van der Waals surface area contributed by atoms with E-state index in [1.165, 1.54) is 0 Å². The highest BCUT2D eigenvalue weighted by Gasteiger charge is 2.15. The minimum absolute atomic E-state index is 0.